The molecule has 1 aliphatic rings. The highest BCUT2D eigenvalue weighted by atomic mass is 79.9. The molecular weight excluding hydrogens is 298 g/mol. The number of halogens is 1. The monoisotopic (exact) mass is 311 g/mol. The van der Waals surface area contributed by atoms with Gasteiger partial charge in [0.15, 0.2) is 0 Å². The summed E-state index contributed by atoms with van der Waals surface area (Å²) in [5.74, 6) is 0.0349. The molecule has 0 saturated carbocycles. The van der Waals surface area contributed by atoms with Gasteiger partial charge < -0.3 is 4.74 Å². The Morgan fingerprint density at radius 1 is 1.39 bits per heavy atom. The summed E-state index contributed by atoms with van der Waals surface area (Å²) in [5, 5.41) is 2.35. The van der Waals surface area contributed by atoms with E-state index in [-0.39, 0.29) is 23.7 Å². The molecule has 1 heterocycles. The highest BCUT2D eigenvalue weighted by Crippen LogP contribution is 2.35. The van der Waals surface area contributed by atoms with Crippen LogP contribution in [0.5, 0.6) is 5.75 Å². The summed E-state index contributed by atoms with van der Waals surface area (Å²) in [6, 6.07) is 5.64. The van der Waals surface area contributed by atoms with Gasteiger partial charge in [0.25, 0.3) is 0 Å². The fourth-order valence-electron chi connectivity index (χ4n) is 2.18. The average Bonchev–Trinajstić information content (AvgIpc) is 2.33. The van der Waals surface area contributed by atoms with Gasteiger partial charge in [0.1, 0.15) is 5.75 Å². The minimum atomic E-state index is -0.213. The van der Waals surface area contributed by atoms with Crippen LogP contribution in [0.4, 0.5) is 0 Å². The first kappa shape index (κ1) is 13.1. The summed E-state index contributed by atoms with van der Waals surface area (Å²) >= 11 is 3.41. The third kappa shape index (κ3) is 2.41. The molecule has 5 heteroatoms. The maximum atomic E-state index is 11.6. The number of carbonyl (C=O) groups excluding carboxylic acids is 2. The van der Waals surface area contributed by atoms with Gasteiger partial charge in [0.05, 0.1) is 11.6 Å². The lowest BCUT2D eigenvalue weighted by Crippen LogP contribution is -2.43. The van der Waals surface area contributed by atoms with E-state index >= 15 is 0 Å². The predicted molar refractivity (Wildman–Crippen MR) is 70.4 cm³/mol. The van der Waals surface area contributed by atoms with Gasteiger partial charge in [0, 0.05) is 18.3 Å². The van der Waals surface area contributed by atoms with Crippen LogP contribution < -0.4 is 10.1 Å². The van der Waals surface area contributed by atoms with Gasteiger partial charge in [-0.1, -0.05) is 13.0 Å². The average molecular weight is 312 g/mol. The second-order valence-corrected chi connectivity index (χ2v) is 5.26. The van der Waals surface area contributed by atoms with Gasteiger partial charge in [-0.15, -0.1) is 0 Å². The van der Waals surface area contributed by atoms with E-state index < -0.39 is 0 Å². The number of carbonyl (C=O) groups is 2. The zero-order valence-electron chi connectivity index (χ0n) is 10.2. The summed E-state index contributed by atoms with van der Waals surface area (Å²) in [5.41, 5.74) is 0.971. The topological polar surface area (TPSA) is 55.4 Å². The number of imide groups is 1. The van der Waals surface area contributed by atoms with E-state index in [1.54, 1.807) is 7.11 Å². The standard InChI is InChI=1S/C13H14BrNO3/c1-7-9(6-12(16)15-13(7)17)8-3-4-11(18-2)10(14)5-8/h3-5,7,9H,6H2,1-2H3,(H,15,16,17). The Kier molecular flexibility index (Phi) is 3.71. The molecule has 1 saturated heterocycles. The molecule has 18 heavy (non-hydrogen) atoms. The molecule has 2 unspecified atom stereocenters. The smallest absolute Gasteiger partial charge is 0.230 e. The van der Waals surface area contributed by atoms with Crippen molar-refractivity contribution < 1.29 is 14.3 Å². The largest absolute Gasteiger partial charge is 0.496 e. The first-order valence-corrected chi connectivity index (χ1v) is 6.49. The normalized spacial score (nSPS) is 23.7. The molecule has 2 rings (SSSR count). The number of hydrogen-bond acceptors (Lipinski definition) is 3. The van der Waals surface area contributed by atoms with Crippen molar-refractivity contribution in [2.24, 2.45) is 5.92 Å². The summed E-state index contributed by atoms with van der Waals surface area (Å²) < 4.78 is 5.99. The third-order valence-electron chi connectivity index (χ3n) is 3.29. The van der Waals surface area contributed by atoms with Crippen LogP contribution in [0, 0.1) is 5.92 Å². The fraction of sp³-hybridized carbons (Fsp3) is 0.385. The Labute approximate surface area is 114 Å². The zero-order valence-corrected chi connectivity index (χ0v) is 11.8. The summed E-state index contributed by atoms with van der Waals surface area (Å²) in [6.45, 7) is 1.84. The molecule has 1 aromatic rings. The number of piperidine rings is 1. The SMILES string of the molecule is COc1ccc(C2CC(=O)NC(=O)C2C)cc1Br. The number of nitrogens with one attached hydrogen (secondary N) is 1. The van der Waals surface area contributed by atoms with E-state index in [2.05, 4.69) is 21.2 Å². The minimum absolute atomic E-state index is 0.0755. The predicted octanol–water partition coefficient (Wildman–Crippen LogP) is 2.22. The van der Waals surface area contributed by atoms with Gasteiger partial charge in [0.2, 0.25) is 11.8 Å². The Morgan fingerprint density at radius 2 is 2.11 bits per heavy atom. The number of methoxy groups -OCH3 is 1. The molecular formula is C13H14BrNO3. The molecule has 0 aliphatic carbocycles. The van der Waals surface area contributed by atoms with Crippen LogP contribution in [-0.2, 0) is 9.59 Å². The molecule has 0 aromatic heterocycles. The molecule has 4 nitrogen and oxygen atoms in total. The maximum Gasteiger partial charge on any atom is 0.230 e. The highest BCUT2D eigenvalue weighted by molar-refractivity contribution is 9.10. The second-order valence-electron chi connectivity index (χ2n) is 4.41. The first-order chi connectivity index (χ1) is 8.52. The molecule has 96 valence electrons. The lowest BCUT2D eigenvalue weighted by Gasteiger charge is -2.28. The summed E-state index contributed by atoms with van der Waals surface area (Å²) in [4.78, 5) is 23.1. The molecule has 2 amide bonds. The molecule has 1 aliphatic heterocycles. The molecule has 2 atom stereocenters. The van der Waals surface area contributed by atoms with Crippen molar-refractivity contribution in [1.29, 1.82) is 0 Å². The van der Waals surface area contributed by atoms with E-state index in [0.29, 0.717) is 6.42 Å². The number of benzene rings is 1. The van der Waals surface area contributed by atoms with Crippen molar-refractivity contribution in [2.75, 3.05) is 7.11 Å². The summed E-state index contributed by atoms with van der Waals surface area (Å²) in [6.07, 6.45) is 0.339. The fourth-order valence-corrected chi connectivity index (χ4v) is 2.74. The van der Waals surface area contributed by atoms with E-state index in [0.717, 1.165) is 15.8 Å². The van der Waals surface area contributed by atoms with Crippen LogP contribution in [0.2, 0.25) is 0 Å². The lowest BCUT2D eigenvalue weighted by molar-refractivity contribution is -0.136. The second kappa shape index (κ2) is 5.10. The van der Waals surface area contributed by atoms with Crippen LogP contribution in [0.15, 0.2) is 22.7 Å². The Balaban J connectivity index is 2.32. The van der Waals surface area contributed by atoms with Crippen LogP contribution in [0.25, 0.3) is 0 Å². The number of amides is 2. The van der Waals surface area contributed by atoms with Crippen molar-refractivity contribution in [3.63, 3.8) is 0 Å². The van der Waals surface area contributed by atoms with Gasteiger partial charge in [-0.2, -0.15) is 0 Å². The van der Waals surface area contributed by atoms with Gasteiger partial charge in [-0.25, -0.2) is 0 Å². The molecule has 0 radical (unpaired) electrons. The van der Waals surface area contributed by atoms with Crippen molar-refractivity contribution in [2.45, 2.75) is 19.3 Å². The third-order valence-corrected chi connectivity index (χ3v) is 3.91. The van der Waals surface area contributed by atoms with Crippen LogP contribution in [0.3, 0.4) is 0 Å². The molecule has 1 fully saturated rings. The van der Waals surface area contributed by atoms with Crippen molar-refractivity contribution in [1.82, 2.24) is 5.32 Å². The number of ether oxygens (including phenoxy) is 1. The molecule has 1 N–H and O–H groups in total. The van der Waals surface area contributed by atoms with Crippen LogP contribution in [0.1, 0.15) is 24.8 Å². The zero-order chi connectivity index (χ0) is 13.3. The van der Waals surface area contributed by atoms with E-state index in [1.165, 1.54) is 0 Å². The van der Waals surface area contributed by atoms with Crippen LogP contribution >= 0.6 is 15.9 Å². The Bertz CT molecular complexity index is 501. The van der Waals surface area contributed by atoms with Crippen molar-refractivity contribution in [3.05, 3.63) is 28.2 Å². The van der Waals surface area contributed by atoms with Crippen molar-refractivity contribution >= 4 is 27.7 Å². The number of hydrogen-bond donors (Lipinski definition) is 1. The van der Waals surface area contributed by atoms with Gasteiger partial charge >= 0.3 is 0 Å². The van der Waals surface area contributed by atoms with Crippen molar-refractivity contribution in [3.8, 4) is 5.75 Å². The minimum Gasteiger partial charge on any atom is -0.496 e. The quantitative estimate of drug-likeness (QED) is 0.852. The number of rotatable bonds is 2. The maximum absolute atomic E-state index is 11.6. The lowest BCUT2D eigenvalue weighted by atomic mass is 9.81. The molecule has 0 bridgehead atoms. The van der Waals surface area contributed by atoms with Crippen LogP contribution in [-0.4, -0.2) is 18.9 Å². The summed E-state index contributed by atoms with van der Waals surface area (Å²) in [7, 11) is 1.60. The first-order valence-electron chi connectivity index (χ1n) is 5.70. The van der Waals surface area contributed by atoms with Gasteiger partial charge in [-0.05, 0) is 33.6 Å². The van der Waals surface area contributed by atoms with E-state index in [9.17, 15) is 9.59 Å². The Morgan fingerprint density at radius 3 is 2.72 bits per heavy atom. The molecule has 1 aromatic carbocycles. The Hall–Kier alpha value is -1.36. The van der Waals surface area contributed by atoms with E-state index in [4.69, 9.17) is 4.74 Å². The molecule has 0 spiro atoms. The highest BCUT2D eigenvalue weighted by Gasteiger charge is 2.33. The van der Waals surface area contributed by atoms with Gasteiger partial charge in [-0.3, -0.25) is 14.9 Å². The van der Waals surface area contributed by atoms with E-state index in [1.807, 2.05) is 25.1 Å².